The van der Waals surface area contributed by atoms with Crippen LogP contribution in [0.4, 0.5) is 0 Å². The Hall–Kier alpha value is -2.47. The third-order valence-electron chi connectivity index (χ3n) is 5.78. The Balaban J connectivity index is 1.76. The minimum atomic E-state index is -0.597. The molecule has 0 aliphatic heterocycles. The monoisotopic (exact) mass is 381 g/mol. The van der Waals surface area contributed by atoms with Gasteiger partial charge in [-0.05, 0) is 54.6 Å². The van der Waals surface area contributed by atoms with Crippen molar-refractivity contribution in [2.24, 2.45) is 0 Å². The normalized spacial score (nSPS) is 19.8. The highest BCUT2D eigenvalue weighted by atomic mass is 31.1. The Morgan fingerprint density at radius 3 is 2.00 bits per heavy atom. The summed E-state index contributed by atoms with van der Waals surface area (Å²) in [4.78, 5) is 2.38. The molecule has 0 fully saturated rings. The van der Waals surface area contributed by atoms with Gasteiger partial charge in [-0.25, -0.2) is 0 Å². The van der Waals surface area contributed by atoms with Gasteiger partial charge in [0.2, 0.25) is 0 Å². The molecule has 2 aliphatic carbocycles. The van der Waals surface area contributed by atoms with Crippen LogP contribution in [0.5, 0.6) is 0 Å². The molecule has 2 heteroatoms. The maximum absolute atomic E-state index is 2.38. The van der Waals surface area contributed by atoms with Gasteiger partial charge in [-0.3, -0.25) is 4.90 Å². The molecule has 0 spiro atoms. The van der Waals surface area contributed by atoms with Crippen LogP contribution in [0.2, 0.25) is 0 Å². The van der Waals surface area contributed by atoms with E-state index in [1.807, 2.05) is 0 Å². The van der Waals surface area contributed by atoms with Crippen molar-refractivity contribution in [3.05, 3.63) is 114 Å². The fraction of sp³-hybridized carbons (Fsp3) is 0.154. The summed E-state index contributed by atoms with van der Waals surface area (Å²) in [5.41, 5.74) is 4.52. The first-order chi connectivity index (χ1) is 13.8. The van der Waals surface area contributed by atoms with E-state index in [0.717, 1.165) is 0 Å². The molecule has 3 aromatic rings. The average Bonchev–Trinajstić information content (AvgIpc) is 3.31. The smallest absolute Gasteiger partial charge is 0.0577 e. The molecule has 0 amide bonds. The third-order valence-corrected chi connectivity index (χ3v) is 8.28. The number of allylic oxidation sites excluding steroid dienone is 3. The first-order valence-electron chi connectivity index (χ1n) is 9.83. The van der Waals surface area contributed by atoms with Crippen molar-refractivity contribution in [2.75, 3.05) is 14.1 Å². The number of hydrogen-bond acceptors (Lipinski definition) is 1. The highest BCUT2D eigenvalue weighted by Crippen LogP contribution is 2.51. The van der Waals surface area contributed by atoms with E-state index in [2.05, 4.69) is 116 Å². The highest BCUT2D eigenvalue weighted by Gasteiger charge is 2.39. The Morgan fingerprint density at radius 2 is 1.39 bits per heavy atom. The third kappa shape index (κ3) is 2.78. The van der Waals surface area contributed by atoms with Gasteiger partial charge in [0.15, 0.2) is 0 Å². The summed E-state index contributed by atoms with van der Waals surface area (Å²) in [5.74, 6) is 0.436. The van der Waals surface area contributed by atoms with Crippen LogP contribution < -0.4 is 15.9 Å². The fourth-order valence-electron chi connectivity index (χ4n) is 4.68. The number of fused-ring (bicyclic) bond motifs is 3. The van der Waals surface area contributed by atoms with Crippen molar-refractivity contribution in [2.45, 2.75) is 12.0 Å². The van der Waals surface area contributed by atoms with Crippen LogP contribution in [0.3, 0.4) is 0 Å². The molecule has 0 saturated carbocycles. The molecule has 1 unspecified atom stereocenters. The molecule has 0 N–H and O–H groups in total. The molecule has 0 aromatic heterocycles. The number of rotatable bonds is 4. The van der Waals surface area contributed by atoms with E-state index in [-0.39, 0.29) is 0 Å². The van der Waals surface area contributed by atoms with Gasteiger partial charge in [0.05, 0.1) is 6.04 Å². The van der Waals surface area contributed by atoms with Crippen molar-refractivity contribution in [3.8, 4) is 0 Å². The molecular weight excluding hydrogens is 357 g/mol. The number of likely N-dealkylation sites (N-methyl/N-ethyl adjacent to an activating group) is 1. The molecule has 2 atom stereocenters. The number of hydrogen-bond donors (Lipinski definition) is 0. The van der Waals surface area contributed by atoms with E-state index < -0.39 is 7.92 Å². The summed E-state index contributed by atoms with van der Waals surface area (Å²) in [6.45, 7) is 0. The van der Waals surface area contributed by atoms with E-state index in [1.165, 1.54) is 32.6 Å². The largest absolute Gasteiger partial charge is 0.299 e. The summed E-state index contributed by atoms with van der Waals surface area (Å²) >= 11 is 0. The molecule has 138 valence electrons. The van der Waals surface area contributed by atoms with Gasteiger partial charge >= 0.3 is 0 Å². The maximum atomic E-state index is 2.38. The predicted octanol–water partition coefficient (Wildman–Crippen LogP) is 4.64. The van der Waals surface area contributed by atoms with E-state index in [9.17, 15) is 0 Å². The first-order valence-corrected chi connectivity index (χ1v) is 11.2. The average molecular weight is 381 g/mol. The minimum Gasteiger partial charge on any atom is -0.299 e. The second-order valence-electron chi connectivity index (χ2n) is 7.68. The van der Waals surface area contributed by atoms with E-state index in [0.29, 0.717) is 12.0 Å². The lowest BCUT2D eigenvalue weighted by molar-refractivity contribution is 0.343. The standard InChI is InChI=1S/C26H24NP/c1-27(2)26-23-17-9-15-21(23)22-16-10-18-24(25(22)26)28(19-11-5-3-6-12-19)20-13-7-4-8-14-20/h3-18,21,26H,1-2H3/t21?,26-/m1/s1. The van der Waals surface area contributed by atoms with Crippen LogP contribution in [0, 0.1) is 0 Å². The zero-order chi connectivity index (χ0) is 19.1. The fourth-order valence-corrected chi connectivity index (χ4v) is 7.20. The SMILES string of the molecule is CN(C)[C@@H]1C2=CC=CC2c2cccc(P(c3ccccc3)c3ccccc3)c21. The van der Waals surface area contributed by atoms with E-state index >= 15 is 0 Å². The van der Waals surface area contributed by atoms with Gasteiger partial charge in [-0.2, -0.15) is 0 Å². The molecule has 1 nitrogen and oxygen atoms in total. The Bertz CT molecular complexity index is 1010. The predicted molar refractivity (Wildman–Crippen MR) is 122 cm³/mol. The van der Waals surface area contributed by atoms with Crippen LogP contribution >= 0.6 is 7.92 Å². The maximum Gasteiger partial charge on any atom is 0.0577 e. The van der Waals surface area contributed by atoms with Gasteiger partial charge in [0, 0.05) is 5.92 Å². The number of benzene rings is 3. The van der Waals surface area contributed by atoms with Gasteiger partial charge in [-0.15, -0.1) is 0 Å². The lowest BCUT2D eigenvalue weighted by Crippen LogP contribution is -2.28. The summed E-state index contributed by atoms with van der Waals surface area (Å²) in [6.07, 6.45) is 6.91. The van der Waals surface area contributed by atoms with Crippen LogP contribution in [-0.4, -0.2) is 19.0 Å². The lowest BCUT2D eigenvalue weighted by atomic mass is 10.0. The van der Waals surface area contributed by atoms with Crippen molar-refractivity contribution in [3.63, 3.8) is 0 Å². The molecule has 0 saturated heterocycles. The molecule has 3 aromatic carbocycles. The molecule has 28 heavy (non-hydrogen) atoms. The molecule has 5 rings (SSSR count). The first kappa shape index (κ1) is 17.6. The molecule has 2 aliphatic rings. The second-order valence-corrected chi connectivity index (χ2v) is 9.87. The highest BCUT2D eigenvalue weighted by molar-refractivity contribution is 7.79. The number of nitrogens with zero attached hydrogens (tertiary/aromatic N) is 1. The molecule has 0 heterocycles. The molecule has 0 radical (unpaired) electrons. The van der Waals surface area contributed by atoms with Crippen LogP contribution in [0.1, 0.15) is 23.1 Å². The van der Waals surface area contributed by atoms with E-state index in [4.69, 9.17) is 0 Å². The zero-order valence-electron chi connectivity index (χ0n) is 16.3. The Labute approximate surface area is 168 Å². The van der Waals surface area contributed by atoms with E-state index in [1.54, 1.807) is 0 Å². The Morgan fingerprint density at radius 1 is 0.750 bits per heavy atom. The second kappa shape index (κ2) is 7.17. The lowest BCUT2D eigenvalue weighted by Gasteiger charge is -2.28. The quantitative estimate of drug-likeness (QED) is 0.595. The topological polar surface area (TPSA) is 3.24 Å². The minimum absolute atomic E-state index is 0.351. The van der Waals surface area contributed by atoms with Crippen molar-refractivity contribution in [1.29, 1.82) is 0 Å². The zero-order valence-corrected chi connectivity index (χ0v) is 17.2. The van der Waals surface area contributed by atoms with Gasteiger partial charge in [0.1, 0.15) is 0 Å². The molecule has 0 bridgehead atoms. The Kier molecular flexibility index (Phi) is 4.51. The van der Waals surface area contributed by atoms with Crippen molar-refractivity contribution in [1.82, 2.24) is 4.90 Å². The van der Waals surface area contributed by atoms with Gasteiger partial charge in [0.25, 0.3) is 0 Å². The summed E-state index contributed by atoms with van der Waals surface area (Å²) in [7, 11) is 3.82. The van der Waals surface area contributed by atoms with Gasteiger partial charge in [-0.1, -0.05) is 97.1 Å². The summed E-state index contributed by atoms with van der Waals surface area (Å²) in [6, 6.07) is 29.4. The van der Waals surface area contributed by atoms with Crippen molar-refractivity contribution >= 4 is 23.8 Å². The summed E-state index contributed by atoms with van der Waals surface area (Å²) < 4.78 is 0. The van der Waals surface area contributed by atoms with Gasteiger partial charge < -0.3 is 0 Å². The van der Waals surface area contributed by atoms with Crippen LogP contribution in [0.25, 0.3) is 0 Å². The van der Waals surface area contributed by atoms with Crippen molar-refractivity contribution < 1.29 is 0 Å². The van der Waals surface area contributed by atoms with Crippen LogP contribution in [-0.2, 0) is 0 Å². The van der Waals surface area contributed by atoms with Crippen LogP contribution in [0.15, 0.2) is 103 Å². The summed E-state index contributed by atoms with van der Waals surface area (Å²) in [5, 5.41) is 4.32. The molecular formula is C26H24NP.